The van der Waals surface area contributed by atoms with Crippen molar-refractivity contribution in [2.75, 3.05) is 10.2 Å². The van der Waals surface area contributed by atoms with E-state index in [-0.39, 0.29) is 11.7 Å². The van der Waals surface area contributed by atoms with Crippen molar-refractivity contribution in [2.24, 2.45) is 0 Å². The Morgan fingerprint density at radius 2 is 1.52 bits per heavy atom. The lowest BCUT2D eigenvalue weighted by molar-refractivity contribution is 0.254. The van der Waals surface area contributed by atoms with E-state index in [9.17, 15) is 13.6 Å². The van der Waals surface area contributed by atoms with Crippen LogP contribution < -0.4 is 10.2 Å². The fraction of sp³-hybridized carbons (Fsp3) is 0.136. The van der Waals surface area contributed by atoms with Gasteiger partial charge in [0.2, 0.25) is 0 Å². The van der Waals surface area contributed by atoms with Gasteiger partial charge >= 0.3 is 6.03 Å². The van der Waals surface area contributed by atoms with Gasteiger partial charge in [-0.05, 0) is 48.2 Å². The summed E-state index contributed by atoms with van der Waals surface area (Å²) >= 11 is 0. The predicted molar refractivity (Wildman–Crippen MR) is 102 cm³/mol. The molecule has 27 heavy (non-hydrogen) atoms. The molecule has 136 valence electrons. The summed E-state index contributed by atoms with van der Waals surface area (Å²) in [6.45, 7) is 0. The Hall–Kier alpha value is -3.21. The Balaban J connectivity index is 1.64. The number of urea groups is 1. The van der Waals surface area contributed by atoms with Crippen molar-refractivity contribution in [1.29, 1.82) is 0 Å². The van der Waals surface area contributed by atoms with Crippen LogP contribution in [-0.2, 0) is 12.8 Å². The highest BCUT2D eigenvalue weighted by Gasteiger charge is 2.31. The zero-order valence-corrected chi connectivity index (χ0v) is 14.5. The van der Waals surface area contributed by atoms with Gasteiger partial charge in [0, 0.05) is 17.8 Å². The highest BCUT2D eigenvalue weighted by Crippen LogP contribution is 2.30. The Kier molecular flexibility index (Phi) is 4.59. The van der Waals surface area contributed by atoms with Crippen molar-refractivity contribution in [2.45, 2.75) is 18.9 Å². The molecule has 0 spiro atoms. The van der Waals surface area contributed by atoms with Crippen molar-refractivity contribution in [1.82, 2.24) is 0 Å². The summed E-state index contributed by atoms with van der Waals surface area (Å²) in [4.78, 5) is 14.7. The third-order valence-corrected chi connectivity index (χ3v) is 4.82. The topological polar surface area (TPSA) is 32.3 Å². The molecule has 3 aromatic carbocycles. The van der Waals surface area contributed by atoms with Gasteiger partial charge in [0.15, 0.2) is 0 Å². The van der Waals surface area contributed by atoms with E-state index in [0.717, 1.165) is 30.7 Å². The third-order valence-electron chi connectivity index (χ3n) is 4.82. The number of anilines is 2. The monoisotopic (exact) mass is 364 g/mol. The Morgan fingerprint density at radius 1 is 0.889 bits per heavy atom. The summed E-state index contributed by atoms with van der Waals surface area (Å²) in [5.41, 5.74) is 3.11. The maximum Gasteiger partial charge on any atom is 0.326 e. The van der Waals surface area contributed by atoms with Crippen molar-refractivity contribution in [3.63, 3.8) is 0 Å². The fourth-order valence-corrected chi connectivity index (χ4v) is 3.57. The highest BCUT2D eigenvalue weighted by atomic mass is 19.1. The molecule has 0 unspecified atom stereocenters. The Labute approximate surface area is 156 Å². The summed E-state index contributed by atoms with van der Waals surface area (Å²) < 4.78 is 27.1. The Bertz CT molecular complexity index is 950. The van der Waals surface area contributed by atoms with Crippen LogP contribution >= 0.6 is 0 Å². The number of para-hydroxylation sites is 1. The molecule has 0 saturated carbocycles. The molecular formula is C22H18F2N2O. The third kappa shape index (κ3) is 3.53. The minimum atomic E-state index is -0.800. The van der Waals surface area contributed by atoms with Crippen LogP contribution in [0, 0.1) is 11.6 Å². The fourth-order valence-electron chi connectivity index (χ4n) is 3.57. The van der Waals surface area contributed by atoms with Gasteiger partial charge in [-0.3, -0.25) is 4.90 Å². The summed E-state index contributed by atoms with van der Waals surface area (Å²) in [6.07, 6.45) is 1.45. The highest BCUT2D eigenvalue weighted by molar-refractivity contribution is 6.02. The van der Waals surface area contributed by atoms with E-state index < -0.39 is 17.7 Å². The average molecular weight is 364 g/mol. The summed E-state index contributed by atoms with van der Waals surface area (Å²) in [5.74, 6) is -1.48. The van der Waals surface area contributed by atoms with Gasteiger partial charge in [-0.15, -0.1) is 0 Å². The maximum absolute atomic E-state index is 14.0. The van der Waals surface area contributed by atoms with Gasteiger partial charge in [0.25, 0.3) is 0 Å². The molecule has 1 aliphatic carbocycles. The summed E-state index contributed by atoms with van der Waals surface area (Å²) in [5, 5.41) is 2.58. The lowest BCUT2D eigenvalue weighted by atomic mass is 10.1. The molecule has 2 amide bonds. The number of rotatable bonds is 3. The molecule has 1 aliphatic rings. The SMILES string of the molecule is O=C(Nc1ccc(F)cc1F)N(c1ccccc1)C1Cc2ccccc2C1. The van der Waals surface area contributed by atoms with Gasteiger partial charge in [0.05, 0.1) is 5.69 Å². The number of carbonyl (C=O) groups is 1. The molecule has 0 fully saturated rings. The second-order valence-corrected chi connectivity index (χ2v) is 6.59. The lowest BCUT2D eigenvalue weighted by Crippen LogP contribution is -2.44. The van der Waals surface area contributed by atoms with Crippen LogP contribution in [0.15, 0.2) is 72.8 Å². The van der Waals surface area contributed by atoms with Crippen LogP contribution in [0.5, 0.6) is 0 Å². The molecule has 1 N–H and O–H groups in total. The van der Waals surface area contributed by atoms with Crippen LogP contribution in [0.3, 0.4) is 0 Å². The van der Waals surface area contributed by atoms with E-state index in [1.807, 2.05) is 42.5 Å². The first kappa shape index (κ1) is 17.2. The van der Waals surface area contributed by atoms with Crippen molar-refractivity contribution in [3.05, 3.63) is 95.6 Å². The molecule has 4 rings (SSSR count). The van der Waals surface area contributed by atoms with E-state index in [0.29, 0.717) is 0 Å². The smallest absolute Gasteiger partial charge is 0.305 e. The van der Waals surface area contributed by atoms with E-state index >= 15 is 0 Å². The van der Waals surface area contributed by atoms with Gasteiger partial charge in [0.1, 0.15) is 11.6 Å². The number of nitrogens with one attached hydrogen (secondary N) is 1. The van der Waals surface area contributed by atoms with Gasteiger partial charge in [-0.1, -0.05) is 42.5 Å². The number of benzene rings is 3. The molecular weight excluding hydrogens is 346 g/mol. The Morgan fingerprint density at radius 3 is 2.15 bits per heavy atom. The first-order chi connectivity index (χ1) is 13.1. The molecule has 0 heterocycles. The first-order valence-electron chi connectivity index (χ1n) is 8.79. The first-order valence-corrected chi connectivity index (χ1v) is 8.79. The summed E-state index contributed by atoms with van der Waals surface area (Å²) in [7, 11) is 0. The minimum absolute atomic E-state index is 0.0437. The van der Waals surface area contributed by atoms with Crippen LogP contribution in [0.1, 0.15) is 11.1 Å². The number of fused-ring (bicyclic) bond motifs is 1. The van der Waals surface area contributed by atoms with Crippen LogP contribution in [-0.4, -0.2) is 12.1 Å². The van der Waals surface area contributed by atoms with Crippen molar-refractivity contribution in [3.8, 4) is 0 Å². The largest absolute Gasteiger partial charge is 0.326 e. The van der Waals surface area contributed by atoms with Crippen molar-refractivity contribution >= 4 is 17.4 Å². The number of amides is 2. The van der Waals surface area contributed by atoms with Crippen LogP contribution in [0.25, 0.3) is 0 Å². The second-order valence-electron chi connectivity index (χ2n) is 6.59. The molecule has 0 saturated heterocycles. The van der Waals surface area contributed by atoms with Gasteiger partial charge < -0.3 is 5.32 Å². The van der Waals surface area contributed by atoms with E-state index in [4.69, 9.17) is 0 Å². The molecule has 0 bridgehead atoms. The second kappa shape index (κ2) is 7.19. The lowest BCUT2D eigenvalue weighted by Gasteiger charge is -2.29. The standard InChI is InChI=1S/C22H18F2N2O/c23-17-10-11-21(20(24)14-17)25-22(27)26(18-8-2-1-3-9-18)19-12-15-6-4-5-7-16(15)13-19/h1-11,14,19H,12-13H2,(H,25,27). The van der Waals surface area contributed by atoms with Gasteiger partial charge in [-0.2, -0.15) is 0 Å². The average Bonchev–Trinajstić information content (AvgIpc) is 3.08. The molecule has 0 atom stereocenters. The number of nitrogens with zero attached hydrogens (tertiary/aromatic N) is 1. The zero-order chi connectivity index (χ0) is 18.8. The number of hydrogen-bond donors (Lipinski definition) is 1. The summed E-state index contributed by atoms with van der Waals surface area (Å²) in [6, 6.07) is 20.0. The van der Waals surface area contributed by atoms with E-state index in [1.165, 1.54) is 17.2 Å². The van der Waals surface area contributed by atoms with E-state index in [1.54, 1.807) is 4.90 Å². The van der Waals surface area contributed by atoms with Gasteiger partial charge in [-0.25, -0.2) is 13.6 Å². The van der Waals surface area contributed by atoms with Crippen molar-refractivity contribution < 1.29 is 13.6 Å². The predicted octanol–water partition coefficient (Wildman–Crippen LogP) is 5.17. The maximum atomic E-state index is 14.0. The molecule has 0 radical (unpaired) electrons. The zero-order valence-electron chi connectivity index (χ0n) is 14.5. The number of halogens is 2. The molecule has 3 aromatic rings. The molecule has 0 aliphatic heterocycles. The quantitative estimate of drug-likeness (QED) is 0.683. The number of carbonyl (C=O) groups excluding carboxylic acids is 1. The minimum Gasteiger partial charge on any atom is -0.305 e. The van der Waals surface area contributed by atoms with Crippen LogP contribution in [0.2, 0.25) is 0 Å². The molecule has 3 nitrogen and oxygen atoms in total. The molecule has 5 heteroatoms. The normalized spacial score (nSPS) is 13.3. The molecule has 0 aromatic heterocycles. The van der Waals surface area contributed by atoms with Crippen LogP contribution in [0.4, 0.5) is 25.0 Å². The number of hydrogen-bond acceptors (Lipinski definition) is 1. The van der Waals surface area contributed by atoms with E-state index in [2.05, 4.69) is 17.4 Å².